The zero-order valence-corrected chi connectivity index (χ0v) is 11.8. The molecule has 0 amide bonds. The molecule has 7 nitrogen and oxygen atoms in total. The molecule has 0 aliphatic carbocycles. The second-order valence-corrected chi connectivity index (χ2v) is 4.74. The van der Waals surface area contributed by atoms with Gasteiger partial charge in [-0.05, 0) is 20.3 Å². The Balaban J connectivity index is 2.42. The second-order valence-electron chi connectivity index (χ2n) is 4.74. The molecule has 2 aromatic rings. The van der Waals surface area contributed by atoms with Crippen LogP contribution in [0.2, 0.25) is 0 Å². The summed E-state index contributed by atoms with van der Waals surface area (Å²) in [4.78, 5) is 8.51. The first-order valence-corrected chi connectivity index (χ1v) is 6.48. The first-order chi connectivity index (χ1) is 9.17. The number of nitrogens with one attached hydrogen (secondary N) is 1. The molecular formula is C12H20N6O. The molecule has 0 radical (unpaired) electrons. The lowest BCUT2D eigenvalue weighted by Gasteiger charge is -2.14. The Morgan fingerprint density at radius 2 is 2.16 bits per heavy atom. The number of hydrogen-bond donors (Lipinski definition) is 1. The van der Waals surface area contributed by atoms with Crippen LogP contribution in [-0.4, -0.2) is 44.7 Å². The second kappa shape index (κ2) is 5.92. The van der Waals surface area contributed by atoms with E-state index in [2.05, 4.69) is 46.4 Å². The molecule has 0 aliphatic rings. The Kier molecular flexibility index (Phi) is 4.26. The third kappa shape index (κ3) is 2.81. The van der Waals surface area contributed by atoms with Crippen LogP contribution >= 0.6 is 0 Å². The van der Waals surface area contributed by atoms with E-state index in [-0.39, 0.29) is 12.1 Å². The van der Waals surface area contributed by atoms with Gasteiger partial charge in [0.1, 0.15) is 6.33 Å². The van der Waals surface area contributed by atoms with Gasteiger partial charge in [0, 0.05) is 13.2 Å². The predicted octanol–water partition coefficient (Wildman–Crippen LogP) is 1.64. The summed E-state index contributed by atoms with van der Waals surface area (Å²) in [6.45, 7) is 6.79. The van der Waals surface area contributed by atoms with E-state index in [0.29, 0.717) is 12.1 Å². The summed E-state index contributed by atoms with van der Waals surface area (Å²) >= 11 is 0. The number of fused-ring (bicyclic) bond motifs is 1. The number of methoxy groups -OCH3 is 1. The van der Waals surface area contributed by atoms with Crippen LogP contribution < -0.4 is 5.32 Å². The van der Waals surface area contributed by atoms with Gasteiger partial charge in [-0.15, -0.1) is 5.10 Å². The minimum atomic E-state index is 0.136. The fourth-order valence-corrected chi connectivity index (χ4v) is 1.94. The van der Waals surface area contributed by atoms with Crippen molar-refractivity contribution < 1.29 is 4.74 Å². The van der Waals surface area contributed by atoms with Crippen molar-refractivity contribution in [1.29, 1.82) is 0 Å². The maximum atomic E-state index is 5.21. The van der Waals surface area contributed by atoms with Crippen LogP contribution in [0.4, 0.5) is 5.82 Å². The van der Waals surface area contributed by atoms with Gasteiger partial charge in [0.2, 0.25) is 0 Å². The lowest BCUT2D eigenvalue weighted by atomic mass is 10.2. The lowest BCUT2D eigenvalue weighted by molar-refractivity contribution is 0.148. The van der Waals surface area contributed by atoms with E-state index in [1.807, 2.05) is 4.68 Å². The number of rotatable bonds is 6. The summed E-state index contributed by atoms with van der Waals surface area (Å²) in [7, 11) is 1.68. The number of anilines is 1. The van der Waals surface area contributed by atoms with E-state index < -0.39 is 0 Å². The Bertz CT molecular complexity index is 538. The van der Waals surface area contributed by atoms with Gasteiger partial charge in [-0.2, -0.15) is 0 Å². The number of aromatic nitrogens is 5. The van der Waals surface area contributed by atoms with Crippen molar-refractivity contribution >= 4 is 17.0 Å². The van der Waals surface area contributed by atoms with E-state index >= 15 is 0 Å². The Morgan fingerprint density at radius 3 is 2.79 bits per heavy atom. The number of ether oxygens (including phenoxy) is 1. The molecule has 2 rings (SSSR count). The molecule has 0 saturated carbocycles. The van der Waals surface area contributed by atoms with Crippen molar-refractivity contribution in [3.05, 3.63) is 6.33 Å². The van der Waals surface area contributed by atoms with Crippen molar-refractivity contribution in [3.63, 3.8) is 0 Å². The molecule has 0 spiro atoms. The van der Waals surface area contributed by atoms with Crippen molar-refractivity contribution in [2.24, 2.45) is 0 Å². The topological polar surface area (TPSA) is 77.8 Å². The maximum Gasteiger partial charge on any atom is 0.184 e. The summed E-state index contributed by atoms with van der Waals surface area (Å²) in [6.07, 6.45) is 2.44. The third-order valence-electron chi connectivity index (χ3n) is 2.86. The zero-order chi connectivity index (χ0) is 13.8. The predicted molar refractivity (Wildman–Crippen MR) is 73.1 cm³/mol. The van der Waals surface area contributed by atoms with Gasteiger partial charge < -0.3 is 10.1 Å². The summed E-state index contributed by atoms with van der Waals surface area (Å²) in [5, 5.41) is 11.6. The van der Waals surface area contributed by atoms with Crippen LogP contribution in [0, 0.1) is 0 Å². The molecule has 1 unspecified atom stereocenters. The van der Waals surface area contributed by atoms with E-state index in [0.717, 1.165) is 17.9 Å². The van der Waals surface area contributed by atoms with Gasteiger partial charge in [0.25, 0.3) is 0 Å². The van der Waals surface area contributed by atoms with Crippen LogP contribution in [0.25, 0.3) is 11.2 Å². The molecule has 0 aromatic carbocycles. The van der Waals surface area contributed by atoms with Gasteiger partial charge in [0.15, 0.2) is 17.0 Å². The standard InChI is InChI=1S/C12H20N6O/c1-5-9(6-19-4)18-12-10(16-17-18)11(13-7-14-12)15-8(2)3/h7-9H,5-6H2,1-4H3,(H,13,14,15). The molecule has 19 heavy (non-hydrogen) atoms. The van der Waals surface area contributed by atoms with Crippen LogP contribution in [-0.2, 0) is 4.74 Å². The molecule has 0 bridgehead atoms. The number of nitrogens with zero attached hydrogens (tertiary/aromatic N) is 5. The largest absolute Gasteiger partial charge is 0.382 e. The Hall–Kier alpha value is -1.76. The van der Waals surface area contributed by atoms with E-state index in [1.165, 1.54) is 6.33 Å². The first kappa shape index (κ1) is 13.7. The quantitative estimate of drug-likeness (QED) is 0.854. The van der Waals surface area contributed by atoms with Gasteiger partial charge in [-0.3, -0.25) is 0 Å². The highest BCUT2D eigenvalue weighted by atomic mass is 16.5. The smallest absolute Gasteiger partial charge is 0.184 e. The molecule has 7 heteroatoms. The molecule has 1 N–H and O–H groups in total. The van der Waals surface area contributed by atoms with Crippen LogP contribution in [0.3, 0.4) is 0 Å². The van der Waals surface area contributed by atoms with Gasteiger partial charge in [0.05, 0.1) is 12.6 Å². The van der Waals surface area contributed by atoms with Crippen LogP contribution in [0.15, 0.2) is 6.33 Å². The average Bonchev–Trinajstić information content (AvgIpc) is 2.80. The summed E-state index contributed by atoms with van der Waals surface area (Å²) < 4.78 is 7.03. The summed E-state index contributed by atoms with van der Waals surface area (Å²) in [6, 6.07) is 0.418. The molecule has 0 aliphatic heterocycles. The highest BCUT2D eigenvalue weighted by molar-refractivity contribution is 5.81. The van der Waals surface area contributed by atoms with Gasteiger partial charge in [-0.1, -0.05) is 12.1 Å². The van der Waals surface area contributed by atoms with Gasteiger partial charge in [-0.25, -0.2) is 14.6 Å². The summed E-state index contributed by atoms with van der Waals surface area (Å²) in [5.41, 5.74) is 1.44. The normalized spacial score (nSPS) is 13.1. The molecule has 2 heterocycles. The monoisotopic (exact) mass is 264 g/mol. The van der Waals surface area contributed by atoms with E-state index in [9.17, 15) is 0 Å². The van der Waals surface area contributed by atoms with Gasteiger partial charge >= 0.3 is 0 Å². The molecular weight excluding hydrogens is 244 g/mol. The molecule has 0 saturated heterocycles. The molecule has 0 fully saturated rings. The maximum absolute atomic E-state index is 5.21. The molecule has 1 atom stereocenters. The minimum absolute atomic E-state index is 0.136. The van der Waals surface area contributed by atoms with Crippen molar-refractivity contribution in [3.8, 4) is 0 Å². The van der Waals surface area contributed by atoms with Crippen molar-refractivity contribution in [1.82, 2.24) is 25.0 Å². The van der Waals surface area contributed by atoms with Crippen molar-refractivity contribution in [2.75, 3.05) is 19.0 Å². The highest BCUT2D eigenvalue weighted by Gasteiger charge is 2.17. The SMILES string of the molecule is CCC(COC)n1nnc2c(NC(C)C)ncnc21. The fourth-order valence-electron chi connectivity index (χ4n) is 1.94. The van der Waals surface area contributed by atoms with E-state index in [4.69, 9.17) is 4.74 Å². The fraction of sp³-hybridized carbons (Fsp3) is 0.667. The zero-order valence-electron chi connectivity index (χ0n) is 11.8. The Labute approximate surface area is 112 Å². The third-order valence-corrected chi connectivity index (χ3v) is 2.86. The molecule has 2 aromatic heterocycles. The Morgan fingerprint density at radius 1 is 1.37 bits per heavy atom. The lowest BCUT2D eigenvalue weighted by Crippen LogP contribution is -2.16. The minimum Gasteiger partial charge on any atom is -0.382 e. The van der Waals surface area contributed by atoms with Crippen LogP contribution in [0.5, 0.6) is 0 Å². The van der Waals surface area contributed by atoms with Crippen molar-refractivity contribution in [2.45, 2.75) is 39.3 Å². The average molecular weight is 264 g/mol. The molecule has 104 valence electrons. The first-order valence-electron chi connectivity index (χ1n) is 6.48. The highest BCUT2D eigenvalue weighted by Crippen LogP contribution is 2.21. The summed E-state index contributed by atoms with van der Waals surface area (Å²) in [5.74, 6) is 0.721. The van der Waals surface area contributed by atoms with E-state index in [1.54, 1.807) is 7.11 Å². The number of hydrogen-bond acceptors (Lipinski definition) is 6. The van der Waals surface area contributed by atoms with Crippen LogP contribution in [0.1, 0.15) is 33.2 Å².